The second-order valence-electron chi connectivity index (χ2n) is 7.04. The van der Waals surface area contributed by atoms with Crippen LogP contribution in [0.3, 0.4) is 0 Å². The van der Waals surface area contributed by atoms with E-state index in [4.69, 9.17) is 0 Å². The summed E-state index contributed by atoms with van der Waals surface area (Å²) < 4.78 is 0. The van der Waals surface area contributed by atoms with Gasteiger partial charge in [-0.15, -0.1) is 11.8 Å². The number of para-hydroxylation sites is 1. The van der Waals surface area contributed by atoms with Crippen LogP contribution in [0.5, 0.6) is 0 Å². The number of carbonyl (C=O) groups is 2. The van der Waals surface area contributed by atoms with Gasteiger partial charge >= 0.3 is 6.03 Å². The quantitative estimate of drug-likeness (QED) is 0.583. The number of benzene rings is 3. The zero-order valence-electron chi connectivity index (χ0n) is 16.7. The maximum Gasteiger partial charge on any atom is 0.320 e. The van der Waals surface area contributed by atoms with Crippen molar-refractivity contribution in [3.63, 3.8) is 0 Å². The lowest BCUT2D eigenvalue weighted by Crippen LogP contribution is -2.43. The van der Waals surface area contributed by atoms with Crippen LogP contribution >= 0.6 is 11.8 Å². The Morgan fingerprint density at radius 1 is 0.967 bits per heavy atom. The predicted octanol–water partition coefficient (Wildman–Crippen LogP) is 4.86. The van der Waals surface area contributed by atoms with E-state index in [2.05, 4.69) is 10.6 Å². The number of urea groups is 1. The number of thioether (sulfide) groups is 1. The van der Waals surface area contributed by atoms with Gasteiger partial charge in [0.2, 0.25) is 0 Å². The number of rotatable bonds is 5. The number of hydrogen-bond acceptors (Lipinski definition) is 3. The summed E-state index contributed by atoms with van der Waals surface area (Å²) in [5, 5.41) is 5.73. The number of anilines is 2. The van der Waals surface area contributed by atoms with Crippen LogP contribution in [-0.4, -0.2) is 24.7 Å². The van der Waals surface area contributed by atoms with Crippen molar-refractivity contribution >= 4 is 35.1 Å². The van der Waals surface area contributed by atoms with Crippen LogP contribution in [0.2, 0.25) is 0 Å². The summed E-state index contributed by atoms with van der Waals surface area (Å²) in [6.07, 6.45) is 2.80. The van der Waals surface area contributed by atoms with Crippen molar-refractivity contribution in [2.24, 2.45) is 0 Å². The Bertz CT molecular complexity index is 1060. The SMILES string of the molecule is CSc1cccc(NC(=O)NC(C(=O)N2CCc3ccccc32)c2ccccc2)c1. The Balaban J connectivity index is 1.56. The Hall–Kier alpha value is -3.25. The Morgan fingerprint density at radius 2 is 1.73 bits per heavy atom. The third kappa shape index (κ3) is 4.33. The molecule has 0 radical (unpaired) electrons. The molecule has 0 bridgehead atoms. The summed E-state index contributed by atoms with van der Waals surface area (Å²) in [5.74, 6) is -0.140. The first kappa shape index (κ1) is 20.0. The maximum absolute atomic E-state index is 13.5. The number of amides is 3. The molecule has 6 heteroatoms. The minimum absolute atomic E-state index is 0.140. The summed E-state index contributed by atoms with van der Waals surface area (Å²) in [5.41, 5.74) is 3.50. The molecule has 4 rings (SSSR count). The lowest BCUT2D eigenvalue weighted by Gasteiger charge is -2.25. The first-order valence-electron chi connectivity index (χ1n) is 9.81. The topological polar surface area (TPSA) is 61.4 Å². The summed E-state index contributed by atoms with van der Waals surface area (Å²) in [6, 6.07) is 23.7. The van der Waals surface area contributed by atoms with E-state index >= 15 is 0 Å². The zero-order chi connectivity index (χ0) is 20.9. The van der Waals surface area contributed by atoms with E-state index in [-0.39, 0.29) is 5.91 Å². The molecular weight excluding hydrogens is 394 g/mol. The molecule has 152 valence electrons. The van der Waals surface area contributed by atoms with Gasteiger partial charge in [0.15, 0.2) is 0 Å². The smallest absolute Gasteiger partial charge is 0.320 e. The second kappa shape index (κ2) is 9.05. The van der Waals surface area contributed by atoms with Crippen molar-refractivity contribution < 1.29 is 9.59 Å². The fourth-order valence-electron chi connectivity index (χ4n) is 3.66. The molecule has 3 aromatic carbocycles. The van der Waals surface area contributed by atoms with E-state index in [0.29, 0.717) is 12.2 Å². The van der Waals surface area contributed by atoms with Gasteiger partial charge in [-0.25, -0.2) is 4.79 Å². The molecular formula is C24H23N3O2S. The average molecular weight is 418 g/mol. The van der Waals surface area contributed by atoms with Gasteiger partial charge in [-0.1, -0.05) is 54.6 Å². The second-order valence-corrected chi connectivity index (χ2v) is 7.92. The molecule has 1 aliphatic heterocycles. The largest absolute Gasteiger partial charge is 0.322 e. The minimum atomic E-state index is -0.777. The fourth-order valence-corrected chi connectivity index (χ4v) is 4.11. The number of nitrogens with zero attached hydrogens (tertiary/aromatic N) is 1. The van der Waals surface area contributed by atoms with Gasteiger partial charge in [-0.05, 0) is 48.1 Å². The Kier molecular flexibility index (Phi) is 6.05. The fraction of sp³-hybridized carbons (Fsp3) is 0.167. The van der Waals surface area contributed by atoms with Crippen molar-refractivity contribution in [1.29, 1.82) is 0 Å². The highest BCUT2D eigenvalue weighted by molar-refractivity contribution is 7.98. The Labute approximate surface area is 180 Å². The molecule has 0 saturated heterocycles. The molecule has 1 heterocycles. The minimum Gasteiger partial charge on any atom is -0.322 e. The van der Waals surface area contributed by atoms with Crippen molar-refractivity contribution in [3.05, 3.63) is 90.0 Å². The summed E-state index contributed by atoms with van der Waals surface area (Å²) in [7, 11) is 0. The summed E-state index contributed by atoms with van der Waals surface area (Å²) in [6.45, 7) is 0.612. The summed E-state index contributed by atoms with van der Waals surface area (Å²) >= 11 is 1.60. The van der Waals surface area contributed by atoms with Crippen LogP contribution in [0.25, 0.3) is 0 Å². The third-order valence-corrected chi connectivity index (χ3v) is 5.86. The van der Waals surface area contributed by atoms with E-state index in [1.54, 1.807) is 16.7 Å². The third-order valence-electron chi connectivity index (χ3n) is 5.14. The van der Waals surface area contributed by atoms with Gasteiger partial charge in [0, 0.05) is 22.8 Å². The molecule has 0 aromatic heterocycles. The highest BCUT2D eigenvalue weighted by Gasteiger charge is 2.32. The molecule has 3 amide bonds. The molecule has 1 unspecified atom stereocenters. The number of nitrogens with one attached hydrogen (secondary N) is 2. The van der Waals surface area contributed by atoms with Crippen LogP contribution < -0.4 is 15.5 Å². The van der Waals surface area contributed by atoms with Gasteiger partial charge in [-0.3, -0.25) is 4.79 Å². The zero-order valence-corrected chi connectivity index (χ0v) is 17.5. The van der Waals surface area contributed by atoms with Gasteiger partial charge in [-0.2, -0.15) is 0 Å². The molecule has 1 atom stereocenters. The molecule has 0 fully saturated rings. The lowest BCUT2D eigenvalue weighted by molar-refractivity contribution is -0.120. The van der Waals surface area contributed by atoms with E-state index < -0.39 is 12.1 Å². The van der Waals surface area contributed by atoms with E-state index in [0.717, 1.165) is 28.1 Å². The van der Waals surface area contributed by atoms with Crippen LogP contribution in [-0.2, 0) is 11.2 Å². The highest BCUT2D eigenvalue weighted by atomic mass is 32.2. The lowest BCUT2D eigenvalue weighted by atomic mass is 10.1. The van der Waals surface area contributed by atoms with Crippen LogP contribution in [0.15, 0.2) is 83.8 Å². The van der Waals surface area contributed by atoms with E-state index in [1.165, 1.54) is 0 Å². The number of fused-ring (bicyclic) bond motifs is 1. The predicted molar refractivity (Wildman–Crippen MR) is 122 cm³/mol. The van der Waals surface area contributed by atoms with Gasteiger partial charge < -0.3 is 15.5 Å². The molecule has 0 aliphatic carbocycles. The number of hydrogen-bond donors (Lipinski definition) is 2. The molecule has 1 aliphatic rings. The normalized spacial score (nSPS) is 13.4. The monoisotopic (exact) mass is 417 g/mol. The molecule has 30 heavy (non-hydrogen) atoms. The van der Waals surface area contributed by atoms with E-state index in [9.17, 15) is 9.59 Å². The van der Waals surface area contributed by atoms with E-state index in [1.807, 2.05) is 85.1 Å². The van der Waals surface area contributed by atoms with Crippen LogP contribution in [0, 0.1) is 0 Å². The highest BCUT2D eigenvalue weighted by Crippen LogP contribution is 2.30. The first-order chi connectivity index (χ1) is 14.7. The summed E-state index contributed by atoms with van der Waals surface area (Å²) in [4.78, 5) is 29.1. The van der Waals surface area contributed by atoms with Crippen LogP contribution in [0.1, 0.15) is 17.2 Å². The van der Waals surface area contributed by atoms with Crippen LogP contribution in [0.4, 0.5) is 16.2 Å². The molecule has 0 saturated carbocycles. The molecule has 3 aromatic rings. The average Bonchev–Trinajstić information content (AvgIpc) is 3.22. The Morgan fingerprint density at radius 3 is 2.53 bits per heavy atom. The molecule has 0 spiro atoms. The van der Waals surface area contributed by atoms with Crippen molar-refractivity contribution in [3.8, 4) is 0 Å². The van der Waals surface area contributed by atoms with Crippen molar-refractivity contribution in [2.45, 2.75) is 17.4 Å². The van der Waals surface area contributed by atoms with Gasteiger partial charge in [0.1, 0.15) is 6.04 Å². The van der Waals surface area contributed by atoms with Crippen molar-refractivity contribution in [1.82, 2.24) is 5.32 Å². The first-order valence-corrected chi connectivity index (χ1v) is 11.0. The molecule has 2 N–H and O–H groups in total. The van der Waals surface area contributed by atoms with Gasteiger partial charge in [0.25, 0.3) is 5.91 Å². The van der Waals surface area contributed by atoms with Gasteiger partial charge in [0.05, 0.1) is 0 Å². The van der Waals surface area contributed by atoms with Crippen molar-refractivity contribution in [2.75, 3.05) is 23.0 Å². The molecule has 5 nitrogen and oxygen atoms in total. The standard InChI is InChI=1S/C24H23N3O2S/c1-30-20-12-7-11-19(16-20)25-24(29)26-22(18-9-3-2-4-10-18)23(28)27-15-14-17-8-5-6-13-21(17)27/h2-13,16,22H,14-15H2,1H3,(H2,25,26,29). The number of carbonyl (C=O) groups excluding carboxylic acids is 2. The maximum atomic E-state index is 13.5.